The molecule has 0 unspecified atom stereocenters. The van der Waals surface area contributed by atoms with E-state index in [0.717, 1.165) is 75.1 Å². The van der Waals surface area contributed by atoms with Gasteiger partial charge in [0.25, 0.3) is 0 Å². The third-order valence-corrected chi connectivity index (χ3v) is 9.94. The number of nitrogens with one attached hydrogen (secondary N) is 2. The van der Waals surface area contributed by atoms with Gasteiger partial charge in [0.1, 0.15) is 11.6 Å². The van der Waals surface area contributed by atoms with Crippen LogP contribution in [0.2, 0.25) is 5.02 Å². The normalized spacial score (nSPS) is 17.2. The Hall–Kier alpha value is -3.68. The third kappa shape index (κ3) is 6.06. The summed E-state index contributed by atoms with van der Waals surface area (Å²) in [4.78, 5) is 14.7. The zero-order chi connectivity index (χ0) is 29.2. The molecule has 1 aromatic heterocycles. The first-order valence-corrected chi connectivity index (χ1v) is 16.2. The van der Waals surface area contributed by atoms with Crippen molar-refractivity contribution in [1.82, 2.24) is 15.3 Å². The fourth-order valence-electron chi connectivity index (χ4n) is 7.00. The van der Waals surface area contributed by atoms with Gasteiger partial charge in [0.05, 0.1) is 0 Å². The van der Waals surface area contributed by atoms with E-state index in [-0.39, 0.29) is 5.41 Å². The van der Waals surface area contributed by atoms with Gasteiger partial charge in [-0.15, -0.1) is 0 Å². The van der Waals surface area contributed by atoms with Crippen LogP contribution in [0.4, 0.5) is 17.6 Å². The van der Waals surface area contributed by atoms with Crippen molar-refractivity contribution in [1.29, 1.82) is 0 Å². The molecule has 0 radical (unpaired) electrons. The van der Waals surface area contributed by atoms with Gasteiger partial charge in [-0.2, -0.15) is 9.97 Å². The van der Waals surface area contributed by atoms with Crippen molar-refractivity contribution in [2.45, 2.75) is 57.0 Å². The van der Waals surface area contributed by atoms with Crippen LogP contribution in [0.3, 0.4) is 0 Å². The van der Waals surface area contributed by atoms with Crippen molar-refractivity contribution in [2.75, 3.05) is 34.8 Å². The van der Waals surface area contributed by atoms with Gasteiger partial charge >= 0.3 is 0 Å². The number of hydrogen-bond donors (Lipinski definition) is 2. The minimum Gasteiger partial charge on any atom is -0.361 e. The summed E-state index contributed by atoms with van der Waals surface area (Å²) in [5.74, 6) is 2.39. The number of anilines is 3. The molecule has 220 valence electrons. The van der Waals surface area contributed by atoms with E-state index in [0.29, 0.717) is 11.1 Å². The summed E-state index contributed by atoms with van der Waals surface area (Å²) < 4.78 is 0. The van der Waals surface area contributed by atoms with Gasteiger partial charge in [0.15, 0.2) is 5.11 Å². The molecule has 0 atom stereocenters. The molecule has 1 aliphatic carbocycles. The highest BCUT2D eigenvalue weighted by Crippen LogP contribution is 2.41. The lowest BCUT2D eigenvalue weighted by atomic mass is 9.79. The molecule has 7 rings (SSSR count). The predicted octanol–water partition coefficient (Wildman–Crippen LogP) is 7.05. The molecule has 0 bridgehead atoms. The SMILES string of the molecule is S=C(NCC1(c2ccc(Cl)cc2)CCCC1)Nc1nc(N2CCc3ccccc3C2)cc(N2CCc3ccccc3C2)n1. The van der Waals surface area contributed by atoms with Gasteiger partial charge in [-0.1, -0.05) is 85.1 Å². The largest absolute Gasteiger partial charge is 0.361 e. The molecule has 0 saturated heterocycles. The lowest BCUT2D eigenvalue weighted by Gasteiger charge is -2.33. The van der Waals surface area contributed by atoms with E-state index in [4.69, 9.17) is 33.8 Å². The Balaban J connectivity index is 1.13. The molecule has 6 nitrogen and oxygen atoms in total. The van der Waals surface area contributed by atoms with E-state index in [1.807, 2.05) is 12.1 Å². The van der Waals surface area contributed by atoms with Crippen molar-refractivity contribution < 1.29 is 0 Å². The number of rotatable bonds is 6. The average molecular weight is 609 g/mol. The van der Waals surface area contributed by atoms with Gasteiger partial charge in [-0.3, -0.25) is 0 Å². The van der Waals surface area contributed by atoms with Crippen molar-refractivity contribution in [3.63, 3.8) is 0 Å². The number of thiocarbonyl (C=S) groups is 1. The van der Waals surface area contributed by atoms with Crippen LogP contribution in [0.25, 0.3) is 0 Å². The molecular weight excluding hydrogens is 572 g/mol. The molecule has 3 aromatic carbocycles. The van der Waals surface area contributed by atoms with Gasteiger partial charge in [0.2, 0.25) is 5.95 Å². The van der Waals surface area contributed by atoms with Crippen molar-refractivity contribution in [2.24, 2.45) is 0 Å². The second-order valence-electron chi connectivity index (χ2n) is 12.1. The molecule has 3 aliphatic rings. The van der Waals surface area contributed by atoms with Gasteiger partial charge in [0, 0.05) is 49.2 Å². The molecule has 43 heavy (non-hydrogen) atoms. The fourth-order valence-corrected chi connectivity index (χ4v) is 7.29. The van der Waals surface area contributed by atoms with Gasteiger partial charge in [-0.05, 0) is 77.9 Å². The number of aromatic nitrogens is 2. The molecule has 3 heterocycles. The maximum absolute atomic E-state index is 6.20. The zero-order valence-corrected chi connectivity index (χ0v) is 25.9. The van der Waals surface area contributed by atoms with Crippen LogP contribution in [-0.4, -0.2) is 34.7 Å². The molecule has 8 heteroatoms. The van der Waals surface area contributed by atoms with Crippen LogP contribution in [-0.2, 0) is 31.3 Å². The standard InChI is InChI=1S/C35H37ClN6S/c36-30-13-11-29(12-14-30)35(17-5-6-18-35)24-37-34(43)40-33-38-31(41-19-15-25-7-1-3-9-27(25)22-41)21-32(39-33)42-20-16-26-8-2-4-10-28(26)23-42/h1-4,7-14,21H,5-6,15-20,22-24H2,(H2,37,38,39,40,43). The summed E-state index contributed by atoms with van der Waals surface area (Å²) >= 11 is 12.0. The first-order valence-electron chi connectivity index (χ1n) is 15.4. The van der Waals surface area contributed by atoms with Crippen molar-refractivity contribution in [3.05, 3.63) is 112 Å². The minimum absolute atomic E-state index is 0.0482. The van der Waals surface area contributed by atoms with Crippen molar-refractivity contribution in [3.8, 4) is 0 Å². The smallest absolute Gasteiger partial charge is 0.232 e. The molecule has 0 amide bonds. The molecule has 0 spiro atoms. The first kappa shape index (κ1) is 28.1. The van der Waals surface area contributed by atoms with E-state index in [2.05, 4.69) is 87.2 Å². The second kappa shape index (κ2) is 12.1. The summed E-state index contributed by atoms with van der Waals surface area (Å²) in [6.45, 7) is 4.27. The summed E-state index contributed by atoms with van der Waals surface area (Å²) in [6, 6.07) is 27.9. The fraction of sp³-hybridized carbons (Fsp3) is 0.343. The van der Waals surface area contributed by atoms with Crippen LogP contribution in [0.5, 0.6) is 0 Å². The van der Waals surface area contributed by atoms with E-state index < -0.39 is 0 Å². The lowest BCUT2D eigenvalue weighted by Crippen LogP contribution is -2.41. The Morgan fingerprint density at radius 3 is 1.86 bits per heavy atom. The molecule has 1 saturated carbocycles. The second-order valence-corrected chi connectivity index (χ2v) is 12.9. The predicted molar refractivity (Wildman–Crippen MR) is 180 cm³/mol. The number of halogens is 1. The van der Waals surface area contributed by atoms with Crippen LogP contribution >= 0.6 is 23.8 Å². The molecular formula is C35H37ClN6S. The van der Waals surface area contributed by atoms with Gasteiger partial charge < -0.3 is 20.4 Å². The first-order chi connectivity index (χ1) is 21.0. The summed E-state index contributed by atoms with van der Waals surface area (Å²) in [6.07, 6.45) is 6.71. The van der Waals surface area contributed by atoms with E-state index >= 15 is 0 Å². The van der Waals surface area contributed by atoms with E-state index in [9.17, 15) is 0 Å². The Morgan fingerprint density at radius 1 is 0.767 bits per heavy atom. The van der Waals surface area contributed by atoms with E-state index in [1.54, 1.807) is 0 Å². The van der Waals surface area contributed by atoms with Crippen LogP contribution < -0.4 is 20.4 Å². The molecule has 2 aliphatic heterocycles. The van der Waals surface area contributed by atoms with Crippen LogP contribution in [0.15, 0.2) is 78.9 Å². The summed E-state index contributed by atoms with van der Waals surface area (Å²) in [7, 11) is 0. The molecule has 1 fully saturated rings. The number of fused-ring (bicyclic) bond motifs is 2. The zero-order valence-electron chi connectivity index (χ0n) is 24.4. The molecule has 2 N–H and O–H groups in total. The Morgan fingerprint density at radius 2 is 1.30 bits per heavy atom. The number of nitrogens with zero attached hydrogens (tertiary/aromatic N) is 4. The quantitative estimate of drug-likeness (QED) is 0.227. The molecule has 4 aromatic rings. The maximum atomic E-state index is 6.20. The highest BCUT2D eigenvalue weighted by Gasteiger charge is 2.35. The monoisotopic (exact) mass is 608 g/mol. The Bertz CT molecular complexity index is 1540. The average Bonchev–Trinajstić information content (AvgIpc) is 3.54. The maximum Gasteiger partial charge on any atom is 0.232 e. The topological polar surface area (TPSA) is 56.3 Å². The Labute approximate surface area is 264 Å². The summed E-state index contributed by atoms with van der Waals surface area (Å²) in [5.41, 5.74) is 6.93. The highest BCUT2D eigenvalue weighted by molar-refractivity contribution is 7.80. The minimum atomic E-state index is 0.0482. The number of benzene rings is 3. The van der Waals surface area contributed by atoms with Crippen LogP contribution in [0.1, 0.15) is 53.5 Å². The summed E-state index contributed by atoms with van der Waals surface area (Å²) in [5, 5.41) is 8.22. The van der Waals surface area contributed by atoms with Gasteiger partial charge in [-0.25, -0.2) is 0 Å². The van der Waals surface area contributed by atoms with Crippen molar-refractivity contribution >= 4 is 46.5 Å². The third-order valence-electron chi connectivity index (χ3n) is 9.44. The lowest BCUT2D eigenvalue weighted by molar-refractivity contribution is 0.435. The van der Waals surface area contributed by atoms with Crippen LogP contribution in [0, 0.1) is 0 Å². The highest BCUT2D eigenvalue weighted by atomic mass is 35.5. The Kier molecular flexibility index (Phi) is 7.93. The van der Waals surface area contributed by atoms with E-state index in [1.165, 1.54) is 40.7 Å². The number of hydrogen-bond acceptors (Lipinski definition) is 5.